The Morgan fingerprint density at radius 2 is 2.50 bits per heavy atom. The van der Waals surface area contributed by atoms with Crippen LogP contribution in [0.5, 0.6) is 0 Å². The summed E-state index contributed by atoms with van der Waals surface area (Å²) in [6.45, 7) is 4.47. The van der Waals surface area contributed by atoms with Crippen molar-refractivity contribution in [1.29, 1.82) is 0 Å². The molecule has 0 spiro atoms. The Morgan fingerprint density at radius 1 is 1.59 bits per heavy atom. The summed E-state index contributed by atoms with van der Waals surface area (Å²) in [7, 11) is 0. The van der Waals surface area contributed by atoms with Gasteiger partial charge in [0.15, 0.2) is 0 Å². The molecule has 118 valence electrons. The molecule has 1 amide bonds. The van der Waals surface area contributed by atoms with E-state index in [2.05, 4.69) is 25.8 Å². The summed E-state index contributed by atoms with van der Waals surface area (Å²) >= 11 is 0. The van der Waals surface area contributed by atoms with Gasteiger partial charge in [-0.3, -0.25) is 9.48 Å². The van der Waals surface area contributed by atoms with Gasteiger partial charge in [0.1, 0.15) is 6.33 Å². The zero-order valence-corrected chi connectivity index (χ0v) is 12.6. The number of aromatic nitrogens is 5. The number of nitrogens with one attached hydrogen (secondary N) is 2. The number of amides is 1. The van der Waals surface area contributed by atoms with Gasteiger partial charge >= 0.3 is 0 Å². The summed E-state index contributed by atoms with van der Waals surface area (Å²) in [5, 5.41) is 14.7. The predicted octanol–water partition coefficient (Wildman–Crippen LogP) is 0.218. The van der Waals surface area contributed by atoms with Gasteiger partial charge in [-0.1, -0.05) is 0 Å². The van der Waals surface area contributed by atoms with E-state index in [-0.39, 0.29) is 23.8 Å². The molecule has 1 aliphatic rings. The largest absolute Gasteiger partial charge is 0.345 e. The van der Waals surface area contributed by atoms with Gasteiger partial charge in [-0.05, 0) is 32.4 Å². The molecular weight excluding hydrogens is 282 g/mol. The van der Waals surface area contributed by atoms with E-state index in [1.54, 1.807) is 21.9 Å². The minimum absolute atomic E-state index is 0.0457. The summed E-state index contributed by atoms with van der Waals surface area (Å²) in [6, 6.07) is 2.09. The van der Waals surface area contributed by atoms with Crippen LogP contribution in [0, 0.1) is 0 Å². The second-order valence-corrected chi connectivity index (χ2v) is 5.65. The standard InChI is InChI=1S/C14H21N7O/c1-11(9-20-7-3-6-17-20)18-14(22)13-16-10-21(19-13)12-4-2-5-15-8-12/h3,6-7,10-12,15H,2,4-5,8-9H2,1H3,(H,18,22). The maximum Gasteiger partial charge on any atom is 0.291 e. The molecule has 3 heterocycles. The van der Waals surface area contributed by atoms with Gasteiger partial charge in [0.05, 0.1) is 12.6 Å². The Balaban J connectivity index is 1.56. The van der Waals surface area contributed by atoms with Crippen molar-refractivity contribution in [3.8, 4) is 0 Å². The Kier molecular flexibility index (Phi) is 4.47. The van der Waals surface area contributed by atoms with Crippen LogP contribution in [0.2, 0.25) is 0 Å². The lowest BCUT2D eigenvalue weighted by Crippen LogP contribution is -2.36. The van der Waals surface area contributed by atoms with Crippen LogP contribution in [0.3, 0.4) is 0 Å². The van der Waals surface area contributed by atoms with Crippen LogP contribution in [0.25, 0.3) is 0 Å². The van der Waals surface area contributed by atoms with E-state index in [1.807, 2.05) is 19.2 Å². The molecule has 1 saturated heterocycles. The van der Waals surface area contributed by atoms with E-state index < -0.39 is 0 Å². The van der Waals surface area contributed by atoms with Gasteiger partial charge in [-0.15, -0.1) is 5.10 Å². The predicted molar refractivity (Wildman–Crippen MR) is 80.3 cm³/mol. The fourth-order valence-corrected chi connectivity index (χ4v) is 2.64. The van der Waals surface area contributed by atoms with Crippen molar-refractivity contribution in [2.75, 3.05) is 13.1 Å². The molecule has 3 rings (SSSR count). The fourth-order valence-electron chi connectivity index (χ4n) is 2.64. The molecule has 0 saturated carbocycles. The highest BCUT2D eigenvalue weighted by molar-refractivity contribution is 5.90. The number of nitrogens with zero attached hydrogens (tertiary/aromatic N) is 5. The second kappa shape index (κ2) is 6.69. The number of carbonyl (C=O) groups is 1. The lowest BCUT2D eigenvalue weighted by Gasteiger charge is -2.22. The van der Waals surface area contributed by atoms with E-state index in [0.29, 0.717) is 6.54 Å². The molecular formula is C14H21N7O. The van der Waals surface area contributed by atoms with Crippen molar-refractivity contribution in [3.63, 3.8) is 0 Å². The van der Waals surface area contributed by atoms with Crippen LogP contribution < -0.4 is 10.6 Å². The molecule has 2 atom stereocenters. The molecule has 2 N–H and O–H groups in total. The maximum absolute atomic E-state index is 12.2. The highest BCUT2D eigenvalue weighted by Crippen LogP contribution is 2.14. The van der Waals surface area contributed by atoms with Gasteiger partial charge in [-0.2, -0.15) is 5.10 Å². The van der Waals surface area contributed by atoms with E-state index in [0.717, 1.165) is 25.9 Å². The highest BCUT2D eigenvalue weighted by Gasteiger charge is 2.19. The summed E-state index contributed by atoms with van der Waals surface area (Å²) in [5.41, 5.74) is 0. The molecule has 0 radical (unpaired) electrons. The molecule has 1 fully saturated rings. The maximum atomic E-state index is 12.2. The first-order valence-electron chi connectivity index (χ1n) is 7.62. The first-order valence-corrected chi connectivity index (χ1v) is 7.62. The smallest absolute Gasteiger partial charge is 0.291 e. The quantitative estimate of drug-likeness (QED) is 0.824. The first kappa shape index (κ1) is 14.7. The minimum atomic E-state index is -0.248. The Bertz CT molecular complexity index is 600. The van der Waals surface area contributed by atoms with Crippen LogP contribution >= 0.6 is 0 Å². The van der Waals surface area contributed by atoms with E-state index >= 15 is 0 Å². The number of hydrogen-bond donors (Lipinski definition) is 2. The van der Waals surface area contributed by atoms with Crippen LogP contribution in [-0.2, 0) is 6.54 Å². The third-order valence-corrected chi connectivity index (χ3v) is 3.75. The molecule has 8 nitrogen and oxygen atoms in total. The normalized spacial score (nSPS) is 19.8. The van der Waals surface area contributed by atoms with Gasteiger partial charge in [0, 0.05) is 25.0 Å². The molecule has 1 aliphatic heterocycles. The molecule has 2 aromatic heterocycles. The number of piperidine rings is 1. The van der Waals surface area contributed by atoms with Crippen molar-refractivity contribution < 1.29 is 4.79 Å². The lowest BCUT2D eigenvalue weighted by molar-refractivity contribution is 0.0924. The summed E-state index contributed by atoms with van der Waals surface area (Å²) in [4.78, 5) is 16.3. The Hall–Kier alpha value is -2.22. The molecule has 0 aromatic carbocycles. The van der Waals surface area contributed by atoms with Crippen molar-refractivity contribution in [1.82, 2.24) is 35.2 Å². The third kappa shape index (κ3) is 3.51. The molecule has 0 aliphatic carbocycles. The fraction of sp³-hybridized carbons (Fsp3) is 0.571. The molecule has 8 heteroatoms. The van der Waals surface area contributed by atoms with Crippen LogP contribution in [-0.4, -0.2) is 49.6 Å². The second-order valence-electron chi connectivity index (χ2n) is 5.65. The van der Waals surface area contributed by atoms with Gasteiger partial charge < -0.3 is 10.6 Å². The van der Waals surface area contributed by atoms with E-state index in [9.17, 15) is 4.79 Å². The molecule has 2 unspecified atom stereocenters. The third-order valence-electron chi connectivity index (χ3n) is 3.75. The van der Waals surface area contributed by atoms with Crippen LogP contribution in [0.15, 0.2) is 24.8 Å². The monoisotopic (exact) mass is 303 g/mol. The van der Waals surface area contributed by atoms with Crippen molar-refractivity contribution in [3.05, 3.63) is 30.6 Å². The Morgan fingerprint density at radius 3 is 3.23 bits per heavy atom. The lowest BCUT2D eigenvalue weighted by atomic mass is 10.1. The van der Waals surface area contributed by atoms with Gasteiger partial charge in [-0.25, -0.2) is 9.67 Å². The average Bonchev–Trinajstić information content (AvgIpc) is 3.19. The summed E-state index contributed by atoms with van der Waals surface area (Å²) < 4.78 is 3.57. The summed E-state index contributed by atoms with van der Waals surface area (Å²) in [5.74, 6) is -0.0277. The van der Waals surface area contributed by atoms with E-state index in [1.165, 1.54) is 0 Å². The van der Waals surface area contributed by atoms with Gasteiger partial charge in [0.2, 0.25) is 5.82 Å². The van der Waals surface area contributed by atoms with Crippen molar-refractivity contribution >= 4 is 5.91 Å². The highest BCUT2D eigenvalue weighted by atomic mass is 16.2. The number of rotatable bonds is 5. The molecule has 0 bridgehead atoms. The van der Waals surface area contributed by atoms with Crippen molar-refractivity contribution in [2.24, 2.45) is 0 Å². The van der Waals surface area contributed by atoms with Crippen LogP contribution in [0.1, 0.15) is 36.4 Å². The van der Waals surface area contributed by atoms with Crippen LogP contribution in [0.4, 0.5) is 0 Å². The number of hydrogen-bond acceptors (Lipinski definition) is 5. The SMILES string of the molecule is CC(Cn1cccn1)NC(=O)c1ncn(C2CCCNC2)n1. The van der Waals surface area contributed by atoms with E-state index in [4.69, 9.17) is 0 Å². The van der Waals surface area contributed by atoms with Gasteiger partial charge in [0.25, 0.3) is 5.91 Å². The topological polar surface area (TPSA) is 89.7 Å². The first-order chi connectivity index (χ1) is 10.7. The Labute approximate surface area is 128 Å². The molecule has 22 heavy (non-hydrogen) atoms. The summed E-state index contributed by atoms with van der Waals surface area (Å²) in [6.07, 6.45) is 7.41. The molecule has 2 aromatic rings. The average molecular weight is 303 g/mol. The zero-order chi connectivity index (χ0) is 15.4. The minimum Gasteiger partial charge on any atom is -0.345 e. The van der Waals surface area contributed by atoms with Crippen molar-refractivity contribution in [2.45, 2.75) is 38.4 Å². The number of carbonyl (C=O) groups excluding carboxylic acids is 1. The zero-order valence-electron chi connectivity index (χ0n) is 12.6.